The quantitative estimate of drug-likeness (QED) is 0.788. The van der Waals surface area contributed by atoms with Gasteiger partial charge in [-0.15, -0.1) is 0 Å². The summed E-state index contributed by atoms with van der Waals surface area (Å²) in [4.78, 5) is 37.5. The molecule has 0 radical (unpaired) electrons. The molecule has 3 rings (SSSR count). The van der Waals surface area contributed by atoms with Gasteiger partial charge < -0.3 is 23.4 Å². The van der Waals surface area contributed by atoms with Crippen molar-refractivity contribution in [1.29, 1.82) is 0 Å². The molecule has 27 heavy (non-hydrogen) atoms. The predicted molar refractivity (Wildman–Crippen MR) is 93.8 cm³/mol. The molecule has 0 amide bonds. The number of benzene rings is 1. The van der Waals surface area contributed by atoms with Crippen molar-refractivity contribution in [1.82, 2.24) is 0 Å². The molecule has 0 saturated carbocycles. The molecular formula is C19H16O8. The Bertz CT molecular complexity index is 1030. The van der Waals surface area contributed by atoms with Crippen LogP contribution >= 0.6 is 0 Å². The van der Waals surface area contributed by atoms with Crippen molar-refractivity contribution in [3.05, 3.63) is 51.6 Å². The molecule has 0 fully saturated rings. The highest BCUT2D eigenvalue weighted by Gasteiger charge is 2.35. The highest BCUT2D eigenvalue weighted by molar-refractivity contribution is 6.22. The molecule has 1 aliphatic rings. The summed E-state index contributed by atoms with van der Waals surface area (Å²) in [5, 5.41) is 0. The Hall–Kier alpha value is -3.55. The van der Waals surface area contributed by atoms with E-state index in [0.29, 0.717) is 17.1 Å². The van der Waals surface area contributed by atoms with E-state index in [1.54, 1.807) is 18.2 Å². The Morgan fingerprint density at radius 1 is 0.815 bits per heavy atom. The van der Waals surface area contributed by atoms with Crippen molar-refractivity contribution in [2.75, 3.05) is 28.4 Å². The number of carbonyl (C=O) groups is 2. The van der Waals surface area contributed by atoms with E-state index in [1.807, 2.05) is 0 Å². The Morgan fingerprint density at radius 3 is 2.11 bits per heavy atom. The topological polar surface area (TPSA) is 101 Å². The van der Waals surface area contributed by atoms with E-state index in [0.717, 1.165) is 6.08 Å². The third-order valence-corrected chi connectivity index (χ3v) is 4.08. The van der Waals surface area contributed by atoms with E-state index in [-0.39, 0.29) is 22.8 Å². The van der Waals surface area contributed by atoms with Crippen LogP contribution in [0.15, 0.2) is 39.2 Å². The molecule has 0 atom stereocenters. The van der Waals surface area contributed by atoms with Gasteiger partial charge >= 0.3 is 0 Å². The van der Waals surface area contributed by atoms with E-state index in [2.05, 4.69) is 0 Å². The van der Waals surface area contributed by atoms with Crippen LogP contribution in [-0.4, -0.2) is 40.0 Å². The lowest BCUT2D eigenvalue weighted by Gasteiger charge is -2.16. The van der Waals surface area contributed by atoms with Crippen molar-refractivity contribution in [2.24, 2.45) is 0 Å². The normalized spacial score (nSPS) is 13.0. The number of carbonyl (C=O) groups excluding carboxylic acids is 2. The summed E-state index contributed by atoms with van der Waals surface area (Å²) < 4.78 is 26.2. The lowest BCUT2D eigenvalue weighted by Crippen LogP contribution is -2.26. The maximum Gasteiger partial charge on any atom is 0.263 e. The van der Waals surface area contributed by atoms with Crippen molar-refractivity contribution in [2.45, 2.75) is 0 Å². The first-order chi connectivity index (χ1) is 13.0. The number of hydrogen-bond donors (Lipinski definition) is 0. The van der Waals surface area contributed by atoms with Crippen LogP contribution in [-0.2, 0) is 4.74 Å². The van der Waals surface area contributed by atoms with Crippen molar-refractivity contribution >= 4 is 11.6 Å². The van der Waals surface area contributed by atoms with Gasteiger partial charge in [0.15, 0.2) is 34.6 Å². The van der Waals surface area contributed by atoms with Gasteiger partial charge in [-0.2, -0.15) is 0 Å². The fourth-order valence-electron chi connectivity index (χ4n) is 2.78. The number of hydrogen-bond acceptors (Lipinski definition) is 8. The zero-order valence-electron chi connectivity index (χ0n) is 15.1. The summed E-state index contributed by atoms with van der Waals surface area (Å²) in [5.74, 6) is -1.35. The average molecular weight is 372 g/mol. The molecule has 8 heteroatoms. The molecule has 0 spiro atoms. The third-order valence-electron chi connectivity index (χ3n) is 4.08. The molecule has 1 aromatic heterocycles. The number of methoxy groups -OCH3 is 4. The van der Waals surface area contributed by atoms with E-state index in [4.69, 9.17) is 23.4 Å². The van der Waals surface area contributed by atoms with Gasteiger partial charge in [0.1, 0.15) is 5.56 Å². The molecule has 0 unspecified atom stereocenters. The largest absolute Gasteiger partial charge is 0.493 e. The van der Waals surface area contributed by atoms with Crippen LogP contribution < -0.4 is 19.6 Å². The SMILES string of the molecule is COC1=CC(=O)c2c(oc(-c3ccc(OC)c(OC)c3)c(OC)c2=O)C1=O. The summed E-state index contributed by atoms with van der Waals surface area (Å²) in [6.07, 6.45) is 0.955. The Balaban J connectivity index is 2.30. The number of rotatable bonds is 5. The van der Waals surface area contributed by atoms with Gasteiger partial charge in [-0.1, -0.05) is 0 Å². The summed E-state index contributed by atoms with van der Waals surface area (Å²) >= 11 is 0. The van der Waals surface area contributed by atoms with Crippen LogP contribution in [0.25, 0.3) is 11.3 Å². The molecule has 0 N–H and O–H groups in total. The zero-order chi connectivity index (χ0) is 19.7. The van der Waals surface area contributed by atoms with Crippen LogP contribution in [0, 0.1) is 0 Å². The minimum absolute atomic E-state index is 0.0132. The van der Waals surface area contributed by atoms with Crippen LogP contribution in [0.5, 0.6) is 17.2 Å². The summed E-state index contributed by atoms with van der Waals surface area (Å²) in [6, 6.07) is 4.78. The summed E-state index contributed by atoms with van der Waals surface area (Å²) in [7, 11) is 5.47. The molecule has 1 aliphatic carbocycles. The summed E-state index contributed by atoms with van der Waals surface area (Å²) in [6.45, 7) is 0. The Morgan fingerprint density at radius 2 is 1.52 bits per heavy atom. The van der Waals surface area contributed by atoms with Crippen LogP contribution in [0.4, 0.5) is 0 Å². The fourth-order valence-corrected chi connectivity index (χ4v) is 2.78. The van der Waals surface area contributed by atoms with E-state index < -0.39 is 22.8 Å². The molecule has 2 aromatic rings. The van der Waals surface area contributed by atoms with Gasteiger partial charge in [-0.3, -0.25) is 14.4 Å². The molecule has 1 heterocycles. The lowest BCUT2D eigenvalue weighted by atomic mass is 9.98. The smallest absolute Gasteiger partial charge is 0.263 e. The molecule has 0 saturated heterocycles. The average Bonchev–Trinajstić information content (AvgIpc) is 2.69. The maximum absolute atomic E-state index is 12.8. The molecule has 140 valence electrons. The van der Waals surface area contributed by atoms with Crippen LogP contribution in [0.1, 0.15) is 20.9 Å². The number of Topliss-reactive ketones (excluding diaryl/α,β-unsaturated/α-hetero) is 1. The van der Waals surface area contributed by atoms with Crippen molar-refractivity contribution in [3.8, 4) is 28.6 Å². The molecule has 1 aromatic carbocycles. The number of allylic oxidation sites excluding steroid dienone is 2. The number of fused-ring (bicyclic) bond motifs is 1. The molecular weight excluding hydrogens is 356 g/mol. The van der Waals surface area contributed by atoms with Gasteiger partial charge in [-0.25, -0.2) is 0 Å². The summed E-state index contributed by atoms with van der Waals surface area (Å²) in [5.41, 5.74) is -0.728. The molecule has 0 aliphatic heterocycles. The fraction of sp³-hybridized carbons (Fsp3) is 0.211. The Labute approximate surface area is 153 Å². The van der Waals surface area contributed by atoms with Gasteiger partial charge in [0.05, 0.1) is 28.4 Å². The van der Waals surface area contributed by atoms with E-state index in [1.165, 1.54) is 28.4 Å². The van der Waals surface area contributed by atoms with Gasteiger partial charge in [0.25, 0.3) is 5.78 Å². The number of ketones is 2. The molecule has 8 nitrogen and oxygen atoms in total. The highest BCUT2D eigenvalue weighted by atomic mass is 16.5. The first-order valence-corrected chi connectivity index (χ1v) is 7.79. The van der Waals surface area contributed by atoms with Crippen LogP contribution in [0.3, 0.4) is 0 Å². The van der Waals surface area contributed by atoms with Gasteiger partial charge in [0.2, 0.25) is 11.2 Å². The molecule has 0 bridgehead atoms. The first kappa shape index (κ1) is 18.2. The van der Waals surface area contributed by atoms with Crippen LogP contribution in [0.2, 0.25) is 0 Å². The van der Waals surface area contributed by atoms with Gasteiger partial charge in [0, 0.05) is 11.6 Å². The third kappa shape index (κ3) is 2.84. The first-order valence-electron chi connectivity index (χ1n) is 7.79. The van der Waals surface area contributed by atoms with E-state index >= 15 is 0 Å². The second-order valence-electron chi connectivity index (χ2n) is 5.47. The van der Waals surface area contributed by atoms with Crippen molar-refractivity contribution < 1.29 is 33.0 Å². The predicted octanol–water partition coefficient (Wildman–Crippen LogP) is 2.24. The monoisotopic (exact) mass is 372 g/mol. The standard InChI is InChI=1S/C19H16O8/c1-23-11-6-5-9(7-12(11)24-2)17-19(26-4)16(22)14-10(20)8-13(25-3)15(21)18(14)27-17/h5-8H,1-4H3. The maximum atomic E-state index is 12.8. The highest BCUT2D eigenvalue weighted by Crippen LogP contribution is 2.37. The number of ether oxygens (including phenoxy) is 4. The second kappa shape index (κ2) is 6.99. The van der Waals surface area contributed by atoms with E-state index in [9.17, 15) is 14.4 Å². The lowest BCUT2D eigenvalue weighted by molar-refractivity contribution is 0.0886. The van der Waals surface area contributed by atoms with Crippen molar-refractivity contribution in [3.63, 3.8) is 0 Å². The minimum Gasteiger partial charge on any atom is -0.493 e. The van der Waals surface area contributed by atoms with Gasteiger partial charge in [-0.05, 0) is 18.2 Å². The Kier molecular flexibility index (Phi) is 4.72. The zero-order valence-corrected chi connectivity index (χ0v) is 15.1. The second-order valence-corrected chi connectivity index (χ2v) is 5.47. The minimum atomic E-state index is -0.742.